The average Bonchev–Trinajstić information content (AvgIpc) is 3.59. The molecule has 2 aromatic heterocycles. The third kappa shape index (κ3) is 4.36. The molecule has 7 nitrogen and oxygen atoms in total. The van der Waals surface area contributed by atoms with Crippen molar-refractivity contribution in [2.45, 2.75) is 12.8 Å². The number of thiophene rings is 1. The monoisotopic (exact) mass is 472 g/mol. The SMILES string of the molecule is COc1ccc(C(=O)C2CCN(C(=O)c3nc(-c4cccs4)n(-c4ccccc4)n3)CC2)cc1. The van der Waals surface area contributed by atoms with Crippen LogP contribution >= 0.6 is 11.3 Å². The average molecular weight is 473 g/mol. The van der Waals surface area contributed by atoms with Crippen LogP contribution in [0, 0.1) is 5.92 Å². The number of para-hydroxylation sites is 1. The van der Waals surface area contributed by atoms with E-state index >= 15 is 0 Å². The molecule has 2 aromatic carbocycles. The Bertz CT molecular complexity index is 1280. The van der Waals surface area contributed by atoms with E-state index in [4.69, 9.17) is 4.74 Å². The highest BCUT2D eigenvalue weighted by Crippen LogP contribution is 2.27. The predicted molar refractivity (Wildman–Crippen MR) is 131 cm³/mol. The molecule has 172 valence electrons. The largest absolute Gasteiger partial charge is 0.497 e. The summed E-state index contributed by atoms with van der Waals surface area (Å²) in [6, 6.07) is 20.8. The van der Waals surface area contributed by atoms with Gasteiger partial charge >= 0.3 is 0 Å². The second-order valence-electron chi connectivity index (χ2n) is 8.14. The van der Waals surface area contributed by atoms with E-state index in [1.807, 2.05) is 47.8 Å². The molecule has 1 saturated heterocycles. The number of hydrogen-bond donors (Lipinski definition) is 0. The van der Waals surface area contributed by atoms with Crippen LogP contribution in [-0.2, 0) is 0 Å². The molecule has 0 atom stereocenters. The highest BCUT2D eigenvalue weighted by Gasteiger charge is 2.30. The number of Topliss-reactive ketones (excluding diaryl/α,β-unsaturated/α-hetero) is 1. The Morgan fingerprint density at radius 2 is 1.71 bits per heavy atom. The summed E-state index contributed by atoms with van der Waals surface area (Å²) >= 11 is 1.56. The first kappa shape index (κ1) is 22.0. The van der Waals surface area contributed by atoms with Gasteiger partial charge in [0.2, 0.25) is 5.82 Å². The van der Waals surface area contributed by atoms with Gasteiger partial charge in [-0.15, -0.1) is 16.4 Å². The molecule has 3 heterocycles. The molecule has 4 aromatic rings. The lowest BCUT2D eigenvalue weighted by atomic mass is 9.89. The number of aromatic nitrogens is 3. The van der Waals surface area contributed by atoms with Gasteiger partial charge in [-0.05, 0) is 60.7 Å². The summed E-state index contributed by atoms with van der Waals surface area (Å²) in [4.78, 5) is 33.5. The molecule has 0 saturated carbocycles. The second kappa shape index (κ2) is 9.61. The number of nitrogens with zero attached hydrogens (tertiary/aromatic N) is 4. The molecule has 0 radical (unpaired) electrons. The van der Waals surface area contributed by atoms with Crippen LogP contribution in [-0.4, -0.2) is 51.6 Å². The molecular weight excluding hydrogens is 448 g/mol. The molecule has 1 amide bonds. The summed E-state index contributed by atoms with van der Waals surface area (Å²) in [5.74, 6) is 1.35. The van der Waals surface area contributed by atoms with E-state index in [9.17, 15) is 9.59 Å². The molecule has 0 bridgehead atoms. The van der Waals surface area contributed by atoms with Crippen molar-refractivity contribution in [3.63, 3.8) is 0 Å². The minimum absolute atomic E-state index is 0.103. The van der Waals surface area contributed by atoms with Crippen LogP contribution in [0.15, 0.2) is 72.1 Å². The Balaban J connectivity index is 1.31. The quantitative estimate of drug-likeness (QED) is 0.379. The fourth-order valence-electron chi connectivity index (χ4n) is 4.19. The fraction of sp³-hybridized carbons (Fsp3) is 0.231. The van der Waals surface area contributed by atoms with Crippen molar-refractivity contribution in [1.29, 1.82) is 0 Å². The number of likely N-dealkylation sites (tertiary alicyclic amines) is 1. The molecule has 0 N–H and O–H groups in total. The van der Waals surface area contributed by atoms with Gasteiger partial charge in [-0.1, -0.05) is 24.3 Å². The molecule has 1 aliphatic rings. The summed E-state index contributed by atoms with van der Waals surface area (Å²) in [6.45, 7) is 0.999. The van der Waals surface area contributed by atoms with Crippen LogP contribution in [0.5, 0.6) is 5.75 Å². The maximum absolute atomic E-state index is 13.3. The lowest BCUT2D eigenvalue weighted by Crippen LogP contribution is -2.40. The standard InChI is InChI=1S/C26H24N4O3S/c1-33-21-11-9-18(10-12-21)23(31)19-13-15-29(16-14-19)26(32)24-27-25(22-8-5-17-34-22)30(28-24)20-6-3-2-4-7-20/h2-12,17,19H,13-16H2,1H3. The molecule has 0 unspecified atom stereocenters. The van der Waals surface area contributed by atoms with E-state index < -0.39 is 0 Å². The fourth-order valence-corrected chi connectivity index (χ4v) is 4.89. The maximum atomic E-state index is 13.3. The van der Waals surface area contributed by atoms with E-state index in [2.05, 4.69) is 10.1 Å². The van der Waals surface area contributed by atoms with Crippen molar-refractivity contribution >= 4 is 23.0 Å². The van der Waals surface area contributed by atoms with Gasteiger partial charge in [0.1, 0.15) is 5.75 Å². The number of ketones is 1. The summed E-state index contributed by atoms with van der Waals surface area (Å²) in [5.41, 5.74) is 1.52. The van der Waals surface area contributed by atoms with Crippen LogP contribution < -0.4 is 4.74 Å². The Hall–Kier alpha value is -3.78. The lowest BCUT2D eigenvalue weighted by molar-refractivity contribution is 0.0640. The maximum Gasteiger partial charge on any atom is 0.293 e. The van der Waals surface area contributed by atoms with Crippen LogP contribution in [0.25, 0.3) is 16.4 Å². The van der Waals surface area contributed by atoms with Crippen molar-refractivity contribution in [3.8, 4) is 22.1 Å². The molecule has 34 heavy (non-hydrogen) atoms. The highest BCUT2D eigenvalue weighted by molar-refractivity contribution is 7.13. The normalized spacial score (nSPS) is 14.2. The third-order valence-electron chi connectivity index (χ3n) is 6.07. The molecular formula is C26H24N4O3S. The minimum atomic E-state index is -0.206. The van der Waals surface area contributed by atoms with E-state index in [0.717, 1.165) is 16.3 Å². The number of amides is 1. The number of hydrogen-bond acceptors (Lipinski definition) is 6. The summed E-state index contributed by atoms with van der Waals surface area (Å²) in [6.07, 6.45) is 1.24. The lowest BCUT2D eigenvalue weighted by Gasteiger charge is -2.30. The van der Waals surface area contributed by atoms with Crippen molar-refractivity contribution < 1.29 is 14.3 Å². The summed E-state index contributed by atoms with van der Waals surface area (Å²) < 4.78 is 6.89. The van der Waals surface area contributed by atoms with E-state index in [0.29, 0.717) is 37.3 Å². The van der Waals surface area contributed by atoms with E-state index in [1.54, 1.807) is 52.3 Å². The van der Waals surface area contributed by atoms with Crippen molar-refractivity contribution in [3.05, 3.63) is 83.5 Å². The predicted octanol–water partition coefficient (Wildman–Crippen LogP) is 4.74. The topological polar surface area (TPSA) is 77.3 Å². The van der Waals surface area contributed by atoms with Gasteiger partial charge in [0.15, 0.2) is 11.6 Å². The van der Waals surface area contributed by atoms with Gasteiger partial charge in [0, 0.05) is 24.6 Å². The first-order valence-corrected chi connectivity index (χ1v) is 12.1. The van der Waals surface area contributed by atoms with Gasteiger partial charge in [0.05, 0.1) is 17.7 Å². The van der Waals surface area contributed by atoms with Crippen molar-refractivity contribution in [2.24, 2.45) is 5.92 Å². The summed E-state index contributed by atoms with van der Waals surface area (Å²) in [5, 5.41) is 6.55. The Kier molecular flexibility index (Phi) is 6.22. The van der Waals surface area contributed by atoms with Gasteiger partial charge in [-0.25, -0.2) is 9.67 Å². The zero-order chi connectivity index (χ0) is 23.5. The zero-order valence-electron chi connectivity index (χ0n) is 18.8. The Morgan fingerprint density at radius 3 is 2.35 bits per heavy atom. The smallest absolute Gasteiger partial charge is 0.293 e. The molecule has 0 spiro atoms. The van der Waals surface area contributed by atoms with Crippen molar-refractivity contribution in [2.75, 3.05) is 20.2 Å². The van der Waals surface area contributed by atoms with Crippen LogP contribution in [0.3, 0.4) is 0 Å². The number of carbonyl (C=O) groups excluding carboxylic acids is 2. The first-order chi connectivity index (χ1) is 16.6. The molecule has 8 heteroatoms. The number of rotatable bonds is 6. The summed E-state index contributed by atoms with van der Waals surface area (Å²) in [7, 11) is 1.60. The van der Waals surface area contributed by atoms with Crippen LogP contribution in [0.4, 0.5) is 0 Å². The Labute approximate surface area is 201 Å². The van der Waals surface area contributed by atoms with Gasteiger partial charge in [0.25, 0.3) is 5.91 Å². The van der Waals surface area contributed by atoms with Crippen LogP contribution in [0.2, 0.25) is 0 Å². The molecule has 1 fully saturated rings. The van der Waals surface area contributed by atoms with Crippen LogP contribution in [0.1, 0.15) is 33.8 Å². The zero-order valence-corrected chi connectivity index (χ0v) is 19.6. The highest BCUT2D eigenvalue weighted by atomic mass is 32.1. The first-order valence-electron chi connectivity index (χ1n) is 11.2. The van der Waals surface area contributed by atoms with Gasteiger partial charge in [-0.3, -0.25) is 9.59 Å². The molecule has 5 rings (SSSR count). The number of piperidine rings is 1. The number of ether oxygens (including phenoxy) is 1. The van der Waals surface area contributed by atoms with E-state index in [-0.39, 0.29) is 23.4 Å². The van der Waals surface area contributed by atoms with Gasteiger partial charge in [-0.2, -0.15) is 0 Å². The van der Waals surface area contributed by atoms with Crippen molar-refractivity contribution in [1.82, 2.24) is 19.7 Å². The molecule has 0 aliphatic carbocycles. The third-order valence-corrected chi connectivity index (χ3v) is 6.93. The molecule has 1 aliphatic heterocycles. The Morgan fingerprint density at radius 1 is 0.971 bits per heavy atom. The number of benzene rings is 2. The second-order valence-corrected chi connectivity index (χ2v) is 9.09. The van der Waals surface area contributed by atoms with Gasteiger partial charge < -0.3 is 9.64 Å². The minimum Gasteiger partial charge on any atom is -0.497 e. The number of carbonyl (C=O) groups is 2. The van der Waals surface area contributed by atoms with E-state index in [1.165, 1.54) is 0 Å². The number of methoxy groups -OCH3 is 1.